The number of ketones is 1. The first kappa shape index (κ1) is 20.2. The summed E-state index contributed by atoms with van der Waals surface area (Å²) in [6.07, 6.45) is 11.2. The van der Waals surface area contributed by atoms with E-state index in [0.717, 1.165) is 38.5 Å². The SMILES string of the molecule is CC(=O)[C@@]1(C(Cl)Cl)CCC2C3CC=C4C[C@@H](CO)CC[C@]4(C)C3CC[C@@]21C. The summed E-state index contributed by atoms with van der Waals surface area (Å²) < 4.78 is 0. The molecule has 0 amide bonds. The average molecular weight is 413 g/mol. The van der Waals surface area contributed by atoms with Gasteiger partial charge in [0, 0.05) is 6.61 Å². The molecule has 1 N–H and O–H groups in total. The summed E-state index contributed by atoms with van der Waals surface area (Å²) in [6, 6.07) is 0. The van der Waals surface area contributed by atoms with Crippen LogP contribution < -0.4 is 0 Å². The van der Waals surface area contributed by atoms with Gasteiger partial charge in [-0.3, -0.25) is 4.79 Å². The maximum atomic E-state index is 12.8. The van der Waals surface area contributed by atoms with Crippen molar-refractivity contribution in [3.63, 3.8) is 0 Å². The minimum atomic E-state index is -0.619. The van der Waals surface area contributed by atoms with Crippen molar-refractivity contribution in [1.29, 1.82) is 0 Å². The molecule has 27 heavy (non-hydrogen) atoms. The van der Waals surface area contributed by atoms with E-state index in [9.17, 15) is 9.90 Å². The summed E-state index contributed by atoms with van der Waals surface area (Å²) in [5.74, 6) is 2.49. The van der Waals surface area contributed by atoms with Crippen LogP contribution in [0.15, 0.2) is 11.6 Å². The Morgan fingerprint density at radius 3 is 2.52 bits per heavy atom. The first-order valence-electron chi connectivity index (χ1n) is 10.8. The van der Waals surface area contributed by atoms with Crippen molar-refractivity contribution in [3.05, 3.63) is 11.6 Å². The summed E-state index contributed by atoms with van der Waals surface area (Å²) in [6.45, 7) is 6.80. The van der Waals surface area contributed by atoms with Gasteiger partial charge in [-0.25, -0.2) is 0 Å². The fourth-order valence-electron chi connectivity index (χ4n) is 8.06. The van der Waals surface area contributed by atoms with Crippen LogP contribution in [0.4, 0.5) is 0 Å². The van der Waals surface area contributed by atoms with Crippen molar-refractivity contribution < 1.29 is 9.90 Å². The average Bonchev–Trinajstić information content (AvgIpc) is 2.95. The molecule has 3 unspecified atom stereocenters. The van der Waals surface area contributed by atoms with E-state index in [1.54, 1.807) is 12.5 Å². The molecule has 0 spiro atoms. The molecule has 0 saturated heterocycles. The fraction of sp³-hybridized carbons (Fsp3) is 0.870. The number of hydrogen-bond acceptors (Lipinski definition) is 2. The standard InChI is InChI=1S/C23H34Cl2O2/c1-14(27)23(20(24)25)11-8-19-17-5-4-16-12-15(13-26)6-9-21(16,2)18(17)7-10-22(19,23)3/h4,15,17-20,26H,5-13H2,1-3H3/t15-,17?,18?,19?,21-,22-,23+/m0/s1. The summed E-state index contributed by atoms with van der Waals surface area (Å²) in [5.41, 5.74) is 1.21. The maximum absolute atomic E-state index is 12.8. The van der Waals surface area contributed by atoms with Crippen molar-refractivity contribution in [2.45, 2.75) is 77.0 Å². The third-order valence-electron chi connectivity index (χ3n) is 9.72. The molecule has 7 atom stereocenters. The second kappa shape index (κ2) is 6.74. The van der Waals surface area contributed by atoms with Gasteiger partial charge in [-0.1, -0.05) is 25.5 Å². The number of hydrogen-bond donors (Lipinski definition) is 1. The molecule has 152 valence electrons. The van der Waals surface area contributed by atoms with Crippen molar-refractivity contribution in [3.8, 4) is 0 Å². The van der Waals surface area contributed by atoms with Gasteiger partial charge in [-0.05, 0) is 92.8 Å². The molecule has 4 aliphatic rings. The lowest BCUT2D eigenvalue weighted by Gasteiger charge is -2.59. The zero-order valence-electron chi connectivity index (χ0n) is 16.9. The number of aliphatic hydroxyl groups is 1. The second-order valence-corrected chi connectivity index (χ2v) is 11.5. The number of carbonyl (C=O) groups is 1. The predicted molar refractivity (Wildman–Crippen MR) is 111 cm³/mol. The van der Waals surface area contributed by atoms with Gasteiger partial charge < -0.3 is 5.11 Å². The topological polar surface area (TPSA) is 37.3 Å². The lowest BCUT2D eigenvalue weighted by molar-refractivity contribution is -0.138. The molecule has 0 bridgehead atoms. The van der Waals surface area contributed by atoms with Crippen LogP contribution in [-0.2, 0) is 4.79 Å². The Morgan fingerprint density at radius 2 is 1.89 bits per heavy atom. The third kappa shape index (κ3) is 2.58. The van der Waals surface area contributed by atoms with Crippen LogP contribution in [0, 0.1) is 39.9 Å². The number of Topliss-reactive ketones (excluding diaryl/α,β-unsaturated/α-hetero) is 1. The zero-order valence-corrected chi connectivity index (χ0v) is 18.5. The lowest BCUT2D eigenvalue weighted by Crippen LogP contribution is -2.55. The monoisotopic (exact) mass is 412 g/mol. The molecule has 0 aromatic carbocycles. The third-order valence-corrected chi connectivity index (χ3v) is 10.5. The van der Waals surface area contributed by atoms with Gasteiger partial charge in [0.1, 0.15) is 10.6 Å². The Balaban J connectivity index is 1.69. The first-order valence-corrected chi connectivity index (χ1v) is 11.7. The van der Waals surface area contributed by atoms with E-state index in [2.05, 4.69) is 19.9 Å². The summed E-state index contributed by atoms with van der Waals surface area (Å²) >= 11 is 13.0. The van der Waals surface area contributed by atoms with Gasteiger partial charge in [-0.15, -0.1) is 23.2 Å². The molecule has 3 fully saturated rings. The number of rotatable bonds is 3. The lowest BCUT2D eigenvalue weighted by atomic mass is 9.45. The molecule has 2 nitrogen and oxygen atoms in total. The number of halogens is 2. The fourth-order valence-corrected chi connectivity index (χ4v) is 9.08. The Bertz CT molecular complexity index is 659. The highest BCUT2D eigenvalue weighted by Gasteiger charge is 2.67. The van der Waals surface area contributed by atoms with E-state index in [1.807, 2.05) is 0 Å². The number of alkyl halides is 2. The molecule has 0 aliphatic heterocycles. The molecule has 0 radical (unpaired) electrons. The number of aliphatic hydroxyl groups excluding tert-OH is 1. The van der Waals surface area contributed by atoms with Crippen LogP contribution in [0.3, 0.4) is 0 Å². The minimum Gasteiger partial charge on any atom is -0.396 e. The number of fused-ring (bicyclic) bond motifs is 5. The van der Waals surface area contributed by atoms with Crippen LogP contribution in [0.25, 0.3) is 0 Å². The Hall–Kier alpha value is -0.0500. The molecule has 3 saturated carbocycles. The van der Waals surface area contributed by atoms with E-state index in [1.165, 1.54) is 12.8 Å². The van der Waals surface area contributed by atoms with E-state index < -0.39 is 10.3 Å². The van der Waals surface area contributed by atoms with Crippen molar-refractivity contribution in [1.82, 2.24) is 0 Å². The Kier molecular flexibility index (Phi) is 5.05. The summed E-state index contributed by atoms with van der Waals surface area (Å²) in [5, 5.41) is 9.63. The highest BCUT2D eigenvalue weighted by molar-refractivity contribution is 6.46. The largest absolute Gasteiger partial charge is 0.396 e. The van der Waals surface area contributed by atoms with Crippen LogP contribution in [-0.4, -0.2) is 22.3 Å². The van der Waals surface area contributed by atoms with E-state index in [-0.39, 0.29) is 16.6 Å². The molecule has 4 aliphatic carbocycles. The van der Waals surface area contributed by atoms with Crippen LogP contribution in [0.2, 0.25) is 0 Å². The molecule has 0 aromatic heterocycles. The van der Waals surface area contributed by atoms with Gasteiger partial charge in [-0.2, -0.15) is 0 Å². The highest BCUT2D eigenvalue weighted by Crippen LogP contribution is 2.71. The molecular weight excluding hydrogens is 379 g/mol. The van der Waals surface area contributed by atoms with Crippen molar-refractivity contribution in [2.24, 2.45) is 39.9 Å². The maximum Gasteiger partial charge on any atom is 0.139 e. The van der Waals surface area contributed by atoms with Crippen LogP contribution in [0.1, 0.15) is 72.1 Å². The molecule has 0 heterocycles. The van der Waals surface area contributed by atoms with Crippen LogP contribution in [0.5, 0.6) is 0 Å². The minimum absolute atomic E-state index is 0.0851. The van der Waals surface area contributed by atoms with E-state index in [0.29, 0.717) is 30.3 Å². The Labute approximate surface area is 174 Å². The van der Waals surface area contributed by atoms with Gasteiger partial charge in [0.2, 0.25) is 0 Å². The highest BCUT2D eigenvalue weighted by atomic mass is 35.5. The van der Waals surface area contributed by atoms with Crippen molar-refractivity contribution in [2.75, 3.05) is 6.61 Å². The van der Waals surface area contributed by atoms with Crippen molar-refractivity contribution >= 4 is 29.0 Å². The van der Waals surface area contributed by atoms with Gasteiger partial charge >= 0.3 is 0 Å². The first-order chi connectivity index (χ1) is 12.7. The Morgan fingerprint density at radius 1 is 1.19 bits per heavy atom. The number of carbonyl (C=O) groups excluding carboxylic acids is 1. The van der Waals surface area contributed by atoms with Gasteiger partial charge in [0.05, 0.1) is 5.41 Å². The molecule has 4 rings (SSSR count). The van der Waals surface area contributed by atoms with E-state index in [4.69, 9.17) is 23.2 Å². The summed E-state index contributed by atoms with van der Waals surface area (Å²) in [7, 11) is 0. The van der Waals surface area contributed by atoms with Gasteiger partial charge in [0.25, 0.3) is 0 Å². The number of allylic oxidation sites excluding steroid dienone is 2. The van der Waals surface area contributed by atoms with Gasteiger partial charge in [0.15, 0.2) is 0 Å². The van der Waals surface area contributed by atoms with Crippen LogP contribution >= 0.6 is 23.2 Å². The summed E-state index contributed by atoms with van der Waals surface area (Å²) in [4.78, 5) is 12.2. The van der Waals surface area contributed by atoms with E-state index >= 15 is 0 Å². The molecular formula is C23H34Cl2O2. The normalized spacial score (nSPS) is 49.2. The molecule has 4 heteroatoms. The second-order valence-electron chi connectivity index (χ2n) is 10.4. The zero-order chi connectivity index (χ0) is 19.6. The quantitative estimate of drug-likeness (QED) is 0.459. The molecule has 0 aromatic rings. The predicted octanol–water partition coefficient (Wildman–Crippen LogP) is 5.94. The smallest absolute Gasteiger partial charge is 0.139 e.